The summed E-state index contributed by atoms with van der Waals surface area (Å²) in [5, 5.41) is 2.95. The predicted octanol–water partition coefficient (Wildman–Crippen LogP) is 2.44. The highest BCUT2D eigenvalue weighted by molar-refractivity contribution is 5.78. The third-order valence-electron chi connectivity index (χ3n) is 4.87. The highest BCUT2D eigenvalue weighted by Crippen LogP contribution is 2.37. The zero-order chi connectivity index (χ0) is 17.7. The maximum absolute atomic E-state index is 12.2. The molecule has 6 heteroatoms. The highest BCUT2D eigenvalue weighted by atomic mass is 16.7. The second kappa shape index (κ2) is 8.06. The molecule has 2 fully saturated rings. The van der Waals surface area contributed by atoms with Gasteiger partial charge in [-0.3, -0.25) is 4.79 Å². The monoisotopic (exact) mass is 349 g/mol. The lowest BCUT2D eigenvalue weighted by Crippen LogP contribution is -2.37. The average Bonchev–Trinajstić information content (AvgIpc) is 3.02. The molecule has 1 atom stereocenters. The fourth-order valence-electron chi connectivity index (χ4n) is 3.54. The molecule has 2 aliphatic rings. The molecule has 0 unspecified atom stereocenters. The van der Waals surface area contributed by atoms with E-state index in [1.54, 1.807) is 14.2 Å². The number of methoxy groups -OCH3 is 2. The molecule has 25 heavy (non-hydrogen) atoms. The van der Waals surface area contributed by atoms with E-state index in [1.807, 2.05) is 18.2 Å². The van der Waals surface area contributed by atoms with E-state index in [0.717, 1.165) is 31.2 Å². The average molecular weight is 349 g/mol. The molecule has 0 radical (unpaired) electrons. The maximum atomic E-state index is 12.2. The number of hydrogen-bond acceptors (Lipinski definition) is 5. The van der Waals surface area contributed by atoms with E-state index in [2.05, 4.69) is 5.32 Å². The molecule has 1 heterocycles. The van der Waals surface area contributed by atoms with Crippen LogP contribution in [-0.4, -0.2) is 45.2 Å². The Morgan fingerprint density at radius 3 is 2.68 bits per heavy atom. The number of benzene rings is 1. The minimum absolute atomic E-state index is 0.0413. The number of rotatable bonds is 6. The molecular weight excluding hydrogens is 322 g/mol. The van der Waals surface area contributed by atoms with E-state index in [-0.39, 0.29) is 12.0 Å². The summed E-state index contributed by atoms with van der Waals surface area (Å²) in [5.74, 6) is 0.845. The molecule has 3 rings (SSSR count). The molecule has 1 aromatic rings. The summed E-state index contributed by atoms with van der Waals surface area (Å²) < 4.78 is 22.5. The number of carbonyl (C=O) groups is 1. The fourth-order valence-corrected chi connectivity index (χ4v) is 3.54. The summed E-state index contributed by atoms with van der Waals surface area (Å²) in [4.78, 5) is 12.2. The molecule has 1 saturated heterocycles. The van der Waals surface area contributed by atoms with Crippen molar-refractivity contribution in [2.45, 2.75) is 50.4 Å². The van der Waals surface area contributed by atoms with Gasteiger partial charge in [-0.25, -0.2) is 0 Å². The van der Waals surface area contributed by atoms with Gasteiger partial charge in [-0.15, -0.1) is 0 Å². The van der Waals surface area contributed by atoms with E-state index in [4.69, 9.17) is 18.9 Å². The molecule has 6 nitrogen and oxygen atoms in total. The van der Waals surface area contributed by atoms with Crippen LogP contribution in [-0.2, 0) is 20.7 Å². The van der Waals surface area contributed by atoms with Crippen molar-refractivity contribution in [1.29, 1.82) is 0 Å². The number of hydrogen-bond donors (Lipinski definition) is 1. The first-order valence-corrected chi connectivity index (χ1v) is 8.93. The van der Waals surface area contributed by atoms with E-state index in [1.165, 1.54) is 6.42 Å². The Morgan fingerprint density at radius 1 is 1.20 bits per heavy atom. The van der Waals surface area contributed by atoms with Gasteiger partial charge in [0.25, 0.3) is 0 Å². The number of nitrogens with one attached hydrogen (secondary N) is 1. The minimum Gasteiger partial charge on any atom is -0.493 e. The number of ether oxygens (including phenoxy) is 4. The van der Waals surface area contributed by atoms with Crippen LogP contribution in [0.4, 0.5) is 0 Å². The van der Waals surface area contributed by atoms with Crippen LogP contribution < -0.4 is 14.8 Å². The first-order valence-electron chi connectivity index (χ1n) is 8.93. The zero-order valence-corrected chi connectivity index (χ0v) is 15.0. The van der Waals surface area contributed by atoms with Gasteiger partial charge in [0.2, 0.25) is 5.91 Å². The Bertz CT molecular complexity index is 597. The van der Waals surface area contributed by atoms with Crippen LogP contribution in [0.15, 0.2) is 18.2 Å². The standard InChI is InChI=1S/C19H27NO5/c1-22-16-7-6-14(10-17(16)23-2)11-18(21)20-12-15-13-24-19(25-15)8-4-3-5-9-19/h6-7,10,15H,3-5,8-9,11-13H2,1-2H3,(H,20,21)/t15-/m0/s1. The SMILES string of the molecule is COc1ccc(CC(=O)NC[C@H]2COC3(CCCCC3)O2)cc1OC. The first kappa shape index (κ1) is 18.0. The minimum atomic E-state index is -0.392. The number of amides is 1. The Hall–Kier alpha value is -1.79. The van der Waals surface area contributed by atoms with Gasteiger partial charge < -0.3 is 24.3 Å². The van der Waals surface area contributed by atoms with Crippen LogP contribution in [0.3, 0.4) is 0 Å². The van der Waals surface area contributed by atoms with E-state index >= 15 is 0 Å². The van der Waals surface area contributed by atoms with Crippen molar-refractivity contribution in [3.8, 4) is 11.5 Å². The molecule has 1 spiro atoms. The van der Waals surface area contributed by atoms with Gasteiger partial charge in [0.05, 0.1) is 27.2 Å². The molecule has 1 aliphatic carbocycles. The van der Waals surface area contributed by atoms with Crippen molar-refractivity contribution >= 4 is 5.91 Å². The van der Waals surface area contributed by atoms with E-state index < -0.39 is 5.79 Å². The molecule has 0 aromatic heterocycles. The lowest BCUT2D eigenvalue weighted by molar-refractivity contribution is -0.186. The van der Waals surface area contributed by atoms with Crippen molar-refractivity contribution in [2.75, 3.05) is 27.4 Å². The lowest BCUT2D eigenvalue weighted by Gasteiger charge is -2.31. The molecule has 1 amide bonds. The summed E-state index contributed by atoms with van der Waals surface area (Å²) >= 11 is 0. The molecule has 1 saturated carbocycles. The Kier molecular flexibility index (Phi) is 5.81. The molecule has 138 valence electrons. The Labute approximate surface area is 148 Å². The van der Waals surface area contributed by atoms with E-state index in [0.29, 0.717) is 31.1 Å². The Balaban J connectivity index is 1.47. The molecule has 0 bridgehead atoms. The summed E-state index contributed by atoms with van der Waals surface area (Å²) in [7, 11) is 3.17. The highest BCUT2D eigenvalue weighted by Gasteiger charge is 2.42. The van der Waals surface area contributed by atoms with Crippen LogP contribution in [0.5, 0.6) is 11.5 Å². The smallest absolute Gasteiger partial charge is 0.224 e. The second-order valence-electron chi connectivity index (χ2n) is 6.69. The van der Waals surface area contributed by atoms with Gasteiger partial charge >= 0.3 is 0 Å². The normalized spacial score (nSPS) is 21.9. The number of carbonyl (C=O) groups excluding carboxylic acids is 1. The summed E-state index contributed by atoms with van der Waals surface area (Å²) in [6.07, 6.45) is 5.70. The second-order valence-corrected chi connectivity index (χ2v) is 6.69. The fraction of sp³-hybridized carbons (Fsp3) is 0.632. The topological polar surface area (TPSA) is 66.0 Å². The quantitative estimate of drug-likeness (QED) is 0.854. The lowest BCUT2D eigenvalue weighted by atomic mass is 9.94. The van der Waals surface area contributed by atoms with Gasteiger partial charge in [0.1, 0.15) is 6.10 Å². The van der Waals surface area contributed by atoms with Gasteiger partial charge in [0, 0.05) is 19.4 Å². The predicted molar refractivity (Wildman–Crippen MR) is 92.9 cm³/mol. The van der Waals surface area contributed by atoms with Crippen molar-refractivity contribution in [3.05, 3.63) is 23.8 Å². The van der Waals surface area contributed by atoms with Crippen molar-refractivity contribution in [1.82, 2.24) is 5.32 Å². The van der Waals surface area contributed by atoms with Gasteiger partial charge in [-0.05, 0) is 30.5 Å². The van der Waals surface area contributed by atoms with Crippen LogP contribution >= 0.6 is 0 Å². The Morgan fingerprint density at radius 2 is 1.96 bits per heavy atom. The van der Waals surface area contributed by atoms with Crippen molar-refractivity contribution in [3.63, 3.8) is 0 Å². The van der Waals surface area contributed by atoms with Gasteiger partial charge in [0.15, 0.2) is 17.3 Å². The summed E-state index contributed by atoms with van der Waals surface area (Å²) in [6.45, 7) is 1.03. The third-order valence-corrected chi connectivity index (χ3v) is 4.87. The molecule has 1 aromatic carbocycles. The molecule has 1 aliphatic heterocycles. The van der Waals surface area contributed by atoms with Crippen LogP contribution in [0.1, 0.15) is 37.7 Å². The third kappa shape index (κ3) is 4.44. The van der Waals surface area contributed by atoms with Crippen LogP contribution in [0, 0.1) is 0 Å². The van der Waals surface area contributed by atoms with Crippen LogP contribution in [0.2, 0.25) is 0 Å². The summed E-state index contributed by atoms with van der Waals surface area (Å²) in [6, 6.07) is 5.50. The first-order chi connectivity index (χ1) is 12.1. The van der Waals surface area contributed by atoms with Gasteiger partial charge in [-0.1, -0.05) is 12.5 Å². The van der Waals surface area contributed by atoms with E-state index in [9.17, 15) is 4.79 Å². The van der Waals surface area contributed by atoms with Crippen molar-refractivity contribution < 1.29 is 23.7 Å². The zero-order valence-electron chi connectivity index (χ0n) is 15.0. The van der Waals surface area contributed by atoms with Crippen LogP contribution in [0.25, 0.3) is 0 Å². The van der Waals surface area contributed by atoms with Gasteiger partial charge in [-0.2, -0.15) is 0 Å². The summed E-state index contributed by atoms with van der Waals surface area (Å²) in [5.41, 5.74) is 0.877. The molecular formula is C19H27NO5. The molecule has 1 N–H and O–H groups in total. The largest absolute Gasteiger partial charge is 0.493 e. The van der Waals surface area contributed by atoms with Crippen molar-refractivity contribution in [2.24, 2.45) is 0 Å². The maximum Gasteiger partial charge on any atom is 0.224 e.